The molecule has 1 spiro atoms. The van der Waals surface area contributed by atoms with Gasteiger partial charge in [0.2, 0.25) is 0 Å². The lowest BCUT2D eigenvalue weighted by atomic mass is 9.83. The van der Waals surface area contributed by atoms with Crippen molar-refractivity contribution >= 4 is 5.69 Å². The van der Waals surface area contributed by atoms with Crippen LogP contribution >= 0.6 is 0 Å². The third-order valence-corrected chi connectivity index (χ3v) is 6.66. The average Bonchev–Trinajstić information content (AvgIpc) is 3.16. The van der Waals surface area contributed by atoms with Crippen LogP contribution in [0.4, 0.5) is 10.1 Å². The van der Waals surface area contributed by atoms with Gasteiger partial charge < -0.3 is 14.2 Å². The third kappa shape index (κ3) is 4.39. The third-order valence-electron chi connectivity index (χ3n) is 6.66. The van der Waals surface area contributed by atoms with E-state index in [0.29, 0.717) is 49.7 Å². The van der Waals surface area contributed by atoms with Gasteiger partial charge in [0.15, 0.2) is 0 Å². The van der Waals surface area contributed by atoms with Crippen LogP contribution in [0.2, 0.25) is 0 Å². The van der Waals surface area contributed by atoms with Gasteiger partial charge in [-0.25, -0.2) is 9.07 Å². The molecule has 33 heavy (non-hydrogen) atoms. The number of aromatic nitrogens is 5. The van der Waals surface area contributed by atoms with Crippen molar-refractivity contribution in [2.75, 3.05) is 24.6 Å². The van der Waals surface area contributed by atoms with E-state index in [4.69, 9.17) is 9.26 Å². The van der Waals surface area contributed by atoms with Crippen molar-refractivity contribution in [3.05, 3.63) is 51.8 Å². The lowest BCUT2D eigenvalue weighted by molar-refractivity contribution is -0.114. The Morgan fingerprint density at radius 3 is 2.73 bits per heavy atom. The highest BCUT2D eigenvalue weighted by molar-refractivity contribution is 5.58. The van der Waals surface area contributed by atoms with Crippen LogP contribution in [-0.2, 0) is 11.3 Å². The summed E-state index contributed by atoms with van der Waals surface area (Å²) in [4.78, 5) is 15.0. The molecule has 0 saturated carbocycles. The van der Waals surface area contributed by atoms with E-state index in [9.17, 15) is 9.18 Å². The minimum absolute atomic E-state index is 0.216. The number of alkyl halides is 1. The van der Waals surface area contributed by atoms with Gasteiger partial charge in [0.05, 0.1) is 36.3 Å². The van der Waals surface area contributed by atoms with Crippen molar-refractivity contribution in [3.63, 3.8) is 0 Å². The first kappa shape index (κ1) is 21.7. The minimum Gasteiger partial charge on any atom is -0.375 e. The predicted octanol–water partition coefficient (Wildman–Crippen LogP) is 2.84. The molecule has 0 aliphatic carbocycles. The summed E-state index contributed by atoms with van der Waals surface area (Å²) in [5, 5.41) is 16.8. The SMILES string of the molecule is Cc1ccc(-c2noc(C)c2Cn2ncc(N3CCC4(CC3)C[C@@H](F)CCO4)cc2=O)nn1. The molecular formula is C23H27FN6O3. The predicted molar refractivity (Wildman–Crippen MR) is 119 cm³/mol. The van der Waals surface area contributed by atoms with Gasteiger partial charge in [0.25, 0.3) is 5.56 Å². The minimum atomic E-state index is -0.785. The molecule has 0 radical (unpaired) electrons. The number of ether oxygens (including phenoxy) is 1. The summed E-state index contributed by atoms with van der Waals surface area (Å²) in [5.74, 6) is 0.602. The molecule has 3 aromatic rings. The molecule has 2 fully saturated rings. The molecule has 0 bridgehead atoms. The Morgan fingerprint density at radius 1 is 1.21 bits per heavy atom. The Bertz CT molecular complexity index is 1180. The van der Waals surface area contributed by atoms with Crippen LogP contribution in [0.15, 0.2) is 33.7 Å². The Balaban J connectivity index is 1.31. The summed E-state index contributed by atoms with van der Waals surface area (Å²) < 4.78 is 26.6. The molecule has 2 saturated heterocycles. The van der Waals surface area contributed by atoms with Gasteiger partial charge in [0.1, 0.15) is 23.3 Å². The molecule has 10 heteroatoms. The first-order valence-electron chi connectivity index (χ1n) is 11.3. The zero-order valence-corrected chi connectivity index (χ0v) is 18.8. The van der Waals surface area contributed by atoms with E-state index < -0.39 is 6.17 Å². The van der Waals surface area contributed by atoms with Crippen LogP contribution in [0.1, 0.15) is 42.7 Å². The largest absolute Gasteiger partial charge is 0.375 e. The summed E-state index contributed by atoms with van der Waals surface area (Å²) in [6.45, 7) is 5.77. The fraction of sp³-hybridized carbons (Fsp3) is 0.522. The van der Waals surface area contributed by atoms with Gasteiger partial charge in [-0.2, -0.15) is 10.2 Å². The van der Waals surface area contributed by atoms with Crippen molar-refractivity contribution in [2.24, 2.45) is 0 Å². The van der Waals surface area contributed by atoms with E-state index in [0.717, 1.165) is 29.8 Å². The normalized spacial score (nSPS) is 20.3. The number of hydrogen-bond acceptors (Lipinski definition) is 8. The standard InChI is InChI=1S/C23H27FN6O3/c1-15-3-4-20(27-26-15)22-19(16(2)33-28-22)14-30-21(31)11-18(13-25-30)29-8-6-23(7-9-29)12-17(24)5-10-32-23/h3-4,11,13,17H,5-10,12,14H2,1-2H3/t17-/m0/s1. The molecule has 0 aromatic carbocycles. The molecule has 174 valence electrons. The Hall–Kier alpha value is -3.14. The summed E-state index contributed by atoms with van der Waals surface area (Å²) in [6.07, 6.45) is 3.36. The molecule has 9 nitrogen and oxygen atoms in total. The Labute approximate surface area is 190 Å². The maximum Gasteiger partial charge on any atom is 0.269 e. The molecular weight excluding hydrogens is 427 g/mol. The molecule has 2 aliphatic rings. The fourth-order valence-corrected chi connectivity index (χ4v) is 4.66. The highest BCUT2D eigenvalue weighted by Gasteiger charge is 2.40. The number of anilines is 1. The fourth-order valence-electron chi connectivity index (χ4n) is 4.66. The number of hydrogen-bond donors (Lipinski definition) is 0. The topological polar surface area (TPSA) is 99.2 Å². The number of rotatable bonds is 4. The van der Waals surface area contributed by atoms with Crippen LogP contribution in [0, 0.1) is 13.8 Å². The molecule has 1 atom stereocenters. The highest BCUT2D eigenvalue weighted by Crippen LogP contribution is 2.37. The van der Waals surface area contributed by atoms with Gasteiger partial charge in [-0.3, -0.25) is 4.79 Å². The van der Waals surface area contributed by atoms with Crippen LogP contribution in [-0.4, -0.2) is 56.6 Å². The molecule has 2 aliphatic heterocycles. The molecule has 0 N–H and O–H groups in total. The van der Waals surface area contributed by atoms with Crippen molar-refractivity contribution in [3.8, 4) is 11.4 Å². The maximum atomic E-state index is 13.9. The van der Waals surface area contributed by atoms with Crippen molar-refractivity contribution in [2.45, 2.75) is 57.8 Å². The summed E-state index contributed by atoms with van der Waals surface area (Å²) >= 11 is 0. The molecule has 5 rings (SSSR count). The quantitative estimate of drug-likeness (QED) is 0.593. The number of nitrogens with zero attached hydrogens (tertiary/aromatic N) is 6. The van der Waals surface area contributed by atoms with E-state index in [2.05, 4.69) is 25.4 Å². The number of halogens is 1. The maximum absolute atomic E-state index is 13.9. The average molecular weight is 455 g/mol. The van der Waals surface area contributed by atoms with Crippen LogP contribution in [0.25, 0.3) is 11.4 Å². The number of piperidine rings is 1. The van der Waals surface area contributed by atoms with Crippen molar-refractivity contribution < 1.29 is 13.7 Å². The molecule has 0 unspecified atom stereocenters. The van der Waals surface area contributed by atoms with E-state index in [-0.39, 0.29) is 17.7 Å². The van der Waals surface area contributed by atoms with E-state index in [1.54, 1.807) is 19.2 Å². The molecule has 5 heterocycles. The summed E-state index contributed by atoms with van der Waals surface area (Å²) in [6, 6.07) is 5.27. The zero-order chi connectivity index (χ0) is 23.0. The van der Waals surface area contributed by atoms with Gasteiger partial charge in [-0.15, -0.1) is 5.10 Å². The van der Waals surface area contributed by atoms with Gasteiger partial charge in [-0.05, 0) is 38.8 Å². The van der Waals surface area contributed by atoms with Crippen LogP contribution in [0.3, 0.4) is 0 Å². The van der Waals surface area contributed by atoms with Crippen molar-refractivity contribution in [1.29, 1.82) is 0 Å². The van der Waals surface area contributed by atoms with Gasteiger partial charge in [-0.1, -0.05) is 5.16 Å². The second kappa shape index (κ2) is 8.66. The lowest BCUT2D eigenvalue weighted by Gasteiger charge is -2.45. The van der Waals surface area contributed by atoms with E-state index >= 15 is 0 Å². The van der Waals surface area contributed by atoms with Gasteiger partial charge in [0, 0.05) is 37.6 Å². The second-order valence-electron chi connectivity index (χ2n) is 8.94. The van der Waals surface area contributed by atoms with Crippen LogP contribution < -0.4 is 10.5 Å². The smallest absolute Gasteiger partial charge is 0.269 e. The Morgan fingerprint density at radius 2 is 2.03 bits per heavy atom. The van der Waals surface area contributed by atoms with E-state index in [1.807, 2.05) is 19.1 Å². The molecule has 0 amide bonds. The highest BCUT2D eigenvalue weighted by atomic mass is 19.1. The first-order valence-corrected chi connectivity index (χ1v) is 11.3. The second-order valence-corrected chi connectivity index (χ2v) is 8.94. The summed E-state index contributed by atoms with van der Waals surface area (Å²) in [7, 11) is 0. The first-order chi connectivity index (χ1) is 15.9. The van der Waals surface area contributed by atoms with Crippen LogP contribution in [0.5, 0.6) is 0 Å². The monoisotopic (exact) mass is 454 g/mol. The zero-order valence-electron chi connectivity index (χ0n) is 18.8. The Kier molecular flexibility index (Phi) is 5.69. The van der Waals surface area contributed by atoms with Gasteiger partial charge >= 0.3 is 0 Å². The van der Waals surface area contributed by atoms with E-state index in [1.165, 1.54) is 4.68 Å². The lowest BCUT2D eigenvalue weighted by Crippen LogP contribution is -2.50. The number of aryl methyl sites for hydroxylation is 2. The van der Waals surface area contributed by atoms with Crippen molar-refractivity contribution in [1.82, 2.24) is 25.1 Å². The molecule has 3 aromatic heterocycles. The summed E-state index contributed by atoms with van der Waals surface area (Å²) in [5.41, 5.74) is 2.87.